The quantitative estimate of drug-likeness (QED) is 0.706. The molecule has 1 rings (SSSR count). The van der Waals surface area contributed by atoms with E-state index in [1.54, 1.807) is 5.56 Å². The fraction of sp³-hybridized carbons (Fsp3) is 0.538. The zero-order valence-corrected chi connectivity index (χ0v) is 11.7. The van der Waals surface area contributed by atoms with Gasteiger partial charge in [0.1, 0.15) is 0 Å². The van der Waals surface area contributed by atoms with E-state index in [4.69, 9.17) is 0 Å². The van der Waals surface area contributed by atoms with Gasteiger partial charge in [-0.15, -0.1) is 0 Å². The van der Waals surface area contributed by atoms with Gasteiger partial charge in [0.25, 0.3) is 0 Å². The molecule has 1 nitrogen and oxygen atoms in total. The fourth-order valence-corrected chi connectivity index (χ4v) is 3.28. The van der Waals surface area contributed by atoms with Crippen LogP contribution in [0.5, 0.6) is 0 Å². The minimum atomic E-state index is -0.999. The van der Waals surface area contributed by atoms with E-state index < -0.39 is 8.07 Å². The third kappa shape index (κ3) is 4.63. The van der Waals surface area contributed by atoms with Gasteiger partial charge in [-0.05, 0) is 31.3 Å². The molecule has 0 aliphatic heterocycles. The van der Waals surface area contributed by atoms with Crippen molar-refractivity contribution < 1.29 is 0 Å². The van der Waals surface area contributed by atoms with Crippen molar-refractivity contribution >= 4 is 8.07 Å². The minimum absolute atomic E-state index is 0.999. The molecule has 0 radical (unpaired) electrons. The second kappa shape index (κ2) is 4.95. The van der Waals surface area contributed by atoms with Gasteiger partial charge in [-0.1, -0.05) is 43.9 Å². The summed E-state index contributed by atoms with van der Waals surface area (Å²) in [5, 5.41) is 0. The van der Waals surface area contributed by atoms with E-state index in [0.717, 1.165) is 6.54 Å². The lowest BCUT2D eigenvalue weighted by atomic mass is 10.1. The van der Waals surface area contributed by atoms with E-state index >= 15 is 0 Å². The van der Waals surface area contributed by atoms with Gasteiger partial charge in [0.2, 0.25) is 0 Å². The van der Waals surface area contributed by atoms with E-state index in [1.807, 2.05) is 0 Å². The molecule has 0 bridgehead atoms. The minimum Gasteiger partial charge on any atom is -0.305 e. The highest BCUT2D eigenvalue weighted by Gasteiger charge is 2.15. The van der Waals surface area contributed by atoms with E-state index in [2.05, 4.69) is 62.9 Å². The second-order valence-electron chi connectivity index (χ2n) is 5.74. The van der Waals surface area contributed by atoms with E-state index in [0.29, 0.717) is 0 Å². The first kappa shape index (κ1) is 12.5. The molecule has 1 aromatic carbocycles. The average molecular weight is 221 g/mol. The van der Waals surface area contributed by atoms with Crippen molar-refractivity contribution in [1.82, 2.24) is 4.90 Å². The molecule has 0 amide bonds. The largest absolute Gasteiger partial charge is 0.305 e. The van der Waals surface area contributed by atoms with Gasteiger partial charge in [-0.3, -0.25) is 0 Å². The number of benzene rings is 1. The molecule has 0 heterocycles. The molecule has 0 aromatic heterocycles. The summed E-state index contributed by atoms with van der Waals surface area (Å²) in [7, 11) is 3.26. The van der Waals surface area contributed by atoms with Gasteiger partial charge in [0, 0.05) is 14.6 Å². The molecule has 2 heteroatoms. The Bertz CT molecular complexity index is 313. The van der Waals surface area contributed by atoms with Crippen molar-refractivity contribution in [3.63, 3.8) is 0 Å². The summed E-state index contributed by atoms with van der Waals surface area (Å²) in [4.78, 5) is 2.24. The molecule has 0 N–H and O–H groups in total. The number of rotatable bonds is 4. The third-order valence-electron chi connectivity index (χ3n) is 2.33. The average Bonchev–Trinajstić information content (AvgIpc) is 2.05. The molecular formula is C13H23NSi. The van der Waals surface area contributed by atoms with Gasteiger partial charge >= 0.3 is 0 Å². The van der Waals surface area contributed by atoms with Crippen LogP contribution in [-0.2, 0) is 12.6 Å². The normalized spacial score (nSPS) is 12.1. The molecule has 0 spiro atoms. The van der Waals surface area contributed by atoms with Crippen molar-refractivity contribution in [2.75, 3.05) is 14.1 Å². The molecule has 0 unspecified atom stereocenters. The summed E-state index contributed by atoms with van der Waals surface area (Å²) in [6.45, 7) is 8.35. The molecule has 15 heavy (non-hydrogen) atoms. The van der Waals surface area contributed by atoms with Gasteiger partial charge in [-0.25, -0.2) is 0 Å². The van der Waals surface area contributed by atoms with Crippen LogP contribution in [0.1, 0.15) is 11.1 Å². The van der Waals surface area contributed by atoms with Crippen LogP contribution in [0.25, 0.3) is 0 Å². The number of hydrogen-bond acceptors (Lipinski definition) is 1. The molecule has 0 aliphatic rings. The first-order chi connectivity index (χ1) is 6.88. The van der Waals surface area contributed by atoms with Crippen LogP contribution in [0.3, 0.4) is 0 Å². The highest BCUT2D eigenvalue weighted by molar-refractivity contribution is 6.75. The summed E-state index contributed by atoms with van der Waals surface area (Å²) >= 11 is 0. The van der Waals surface area contributed by atoms with Crippen LogP contribution in [0, 0.1) is 0 Å². The van der Waals surface area contributed by atoms with Gasteiger partial charge in [0.15, 0.2) is 0 Å². The lowest BCUT2D eigenvalue weighted by Crippen LogP contribution is -2.25. The molecule has 84 valence electrons. The summed E-state index contributed by atoms with van der Waals surface area (Å²) in [5.41, 5.74) is 3.04. The summed E-state index contributed by atoms with van der Waals surface area (Å²) in [5.74, 6) is 0. The molecular weight excluding hydrogens is 198 g/mol. The fourth-order valence-electron chi connectivity index (χ4n) is 1.80. The van der Waals surface area contributed by atoms with Crippen LogP contribution in [0.4, 0.5) is 0 Å². The maximum Gasteiger partial charge on any atom is 0.0487 e. The van der Waals surface area contributed by atoms with Crippen LogP contribution < -0.4 is 0 Å². The summed E-state index contributed by atoms with van der Waals surface area (Å²) < 4.78 is 0. The molecule has 0 atom stereocenters. The predicted molar refractivity (Wildman–Crippen MR) is 70.9 cm³/mol. The second-order valence-corrected chi connectivity index (χ2v) is 11.2. The Balaban J connectivity index is 2.86. The van der Waals surface area contributed by atoms with Gasteiger partial charge in [-0.2, -0.15) is 0 Å². The smallest absolute Gasteiger partial charge is 0.0487 e. The van der Waals surface area contributed by atoms with Crippen molar-refractivity contribution in [1.29, 1.82) is 0 Å². The SMILES string of the molecule is CN(C)Cc1ccccc1C[Si](C)(C)C. The predicted octanol–water partition coefficient (Wildman–Crippen LogP) is 3.17. The Kier molecular flexibility index (Phi) is 4.11. The Morgan fingerprint density at radius 1 is 1.00 bits per heavy atom. The number of hydrogen-bond donors (Lipinski definition) is 0. The van der Waals surface area contributed by atoms with Crippen molar-refractivity contribution in [3.8, 4) is 0 Å². The molecule has 0 saturated heterocycles. The third-order valence-corrected chi connectivity index (χ3v) is 3.77. The van der Waals surface area contributed by atoms with Gasteiger partial charge in [0.05, 0.1) is 0 Å². The maximum absolute atomic E-state index is 2.43. The molecule has 1 aromatic rings. The highest BCUT2D eigenvalue weighted by atomic mass is 28.3. The Morgan fingerprint density at radius 3 is 2.00 bits per heavy atom. The van der Waals surface area contributed by atoms with Crippen LogP contribution in [-0.4, -0.2) is 27.1 Å². The Labute approximate surface area is 95.1 Å². The maximum atomic E-state index is 2.43. The molecule has 0 saturated carbocycles. The van der Waals surface area contributed by atoms with Crippen molar-refractivity contribution in [2.24, 2.45) is 0 Å². The first-order valence-corrected chi connectivity index (χ1v) is 9.31. The molecule has 0 fully saturated rings. The summed E-state index contributed by atoms with van der Waals surface area (Å²) in [6.07, 6.45) is 0. The topological polar surface area (TPSA) is 3.24 Å². The summed E-state index contributed by atoms with van der Waals surface area (Å²) in [6, 6.07) is 10.1. The van der Waals surface area contributed by atoms with Crippen LogP contribution in [0.2, 0.25) is 19.6 Å². The lowest BCUT2D eigenvalue weighted by molar-refractivity contribution is 0.401. The monoisotopic (exact) mass is 221 g/mol. The Hall–Kier alpha value is -0.603. The standard InChI is InChI=1S/C13H23NSi/c1-14(2)10-12-8-6-7-9-13(12)11-15(3,4)5/h6-9H,10-11H2,1-5H3. The molecule has 0 aliphatic carbocycles. The highest BCUT2D eigenvalue weighted by Crippen LogP contribution is 2.16. The Morgan fingerprint density at radius 2 is 1.53 bits per heavy atom. The van der Waals surface area contributed by atoms with Crippen LogP contribution >= 0.6 is 0 Å². The number of nitrogens with zero attached hydrogens (tertiary/aromatic N) is 1. The van der Waals surface area contributed by atoms with E-state index in [9.17, 15) is 0 Å². The lowest BCUT2D eigenvalue weighted by Gasteiger charge is -2.20. The van der Waals surface area contributed by atoms with Crippen LogP contribution in [0.15, 0.2) is 24.3 Å². The zero-order valence-electron chi connectivity index (χ0n) is 10.7. The van der Waals surface area contributed by atoms with Crippen molar-refractivity contribution in [2.45, 2.75) is 32.2 Å². The van der Waals surface area contributed by atoms with Gasteiger partial charge < -0.3 is 4.90 Å². The van der Waals surface area contributed by atoms with E-state index in [1.165, 1.54) is 11.6 Å². The van der Waals surface area contributed by atoms with E-state index in [-0.39, 0.29) is 0 Å². The first-order valence-electron chi connectivity index (χ1n) is 5.60. The van der Waals surface area contributed by atoms with Crippen molar-refractivity contribution in [3.05, 3.63) is 35.4 Å². The zero-order chi connectivity index (χ0) is 11.5.